The highest BCUT2D eigenvalue weighted by atomic mass is 79.9. The number of ether oxygens (including phenoxy) is 1. The minimum Gasteiger partial charge on any atom is -0.489 e. The van der Waals surface area contributed by atoms with Crippen LogP contribution in [0.25, 0.3) is 0 Å². The Kier molecular flexibility index (Phi) is 4.11. The van der Waals surface area contributed by atoms with E-state index in [0.29, 0.717) is 6.61 Å². The van der Waals surface area contributed by atoms with Crippen molar-refractivity contribution in [2.24, 2.45) is 0 Å². The van der Waals surface area contributed by atoms with E-state index in [1.54, 1.807) is 0 Å². The zero-order chi connectivity index (χ0) is 13.9. The standard InChI is InChI=1S/C18H19BrO/c1-13-5-8-18(17(9-13)11-19)20-12-14-6-7-15-3-2-4-16(15)10-14/h5-10H,2-4,11-12H2,1H3. The molecule has 2 heteroatoms. The summed E-state index contributed by atoms with van der Waals surface area (Å²) in [5.41, 5.74) is 6.78. The van der Waals surface area contributed by atoms with Crippen LogP contribution in [0.15, 0.2) is 36.4 Å². The van der Waals surface area contributed by atoms with E-state index in [0.717, 1.165) is 11.1 Å². The van der Waals surface area contributed by atoms with E-state index in [1.807, 2.05) is 0 Å². The molecule has 0 spiro atoms. The third-order valence-electron chi connectivity index (χ3n) is 3.92. The lowest BCUT2D eigenvalue weighted by atomic mass is 10.1. The molecule has 0 fully saturated rings. The average molecular weight is 331 g/mol. The first-order chi connectivity index (χ1) is 9.76. The molecule has 0 aliphatic heterocycles. The molecule has 0 aromatic heterocycles. The number of benzene rings is 2. The first-order valence-corrected chi connectivity index (χ1v) is 8.27. The summed E-state index contributed by atoms with van der Waals surface area (Å²) in [7, 11) is 0. The van der Waals surface area contributed by atoms with Gasteiger partial charge in [0.05, 0.1) is 0 Å². The van der Waals surface area contributed by atoms with Crippen molar-refractivity contribution in [1.29, 1.82) is 0 Å². The number of fused-ring (bicyclic) bond motifs is 1. The summed E-state index contributed by atoms with van der Waals surface area (Å²) in [5.74, 6) is 0.980. The summed E-state index contributed by atoms with van der Waals surface area (Å²) in [6, 6.07) is 13.1. The Hall–Kier alpha value is -1.28. The zero-order valence-electron chi connectivity index (χ0n) is 11.8. The number of hydrogen-bond donors (Lipinski definition) is 0. The lowest BCUT2D eigenvalue weighted by molar-refractivity contribution is 0.304. The Morgan fingerprint density at radius 2 is 1.90 bits per heavy atom. The van der Waals surface area contributed by atoms with E-state index in [2.05, 4.69) is 59.3 Å². The average Bonchev–Trinajstić information content (AvgIpc) is 2.93. The third-order valence-corrected chi connectivity index (χ3v) is 4.52. The number of halogens is 1. The van der Waals surface area contributed by atoms with Gasteiger partial charge in [0.2, 0.25) is 0 Å². The molecule has 20 heavy (non-hydrogen) atoms. The first-order valence-electron chi connectivity index (χ1n) is 7.15. The summed E-state index contributed by atoms with van der Waals surface area (Å²) >= 11 is 3.53. The fraction of sp³-hybridized carbons (Fsp3) is 0.333. The molecule has 0 heterocycles. The van der Waals surface area contributed by atoms with Crippen LogP contribution in [0.4, 0.5) is 0 Å². The van der Waals surface area contributed by atoms with Gasteiger partial charge in [-0.1, -0.05) is 51.8 Å². The summed E-state index contributed by atoms with van der Waals surface area (Å²) < 4.78 is 6.00. The second-order valence-corrected chi connectivity index (χ2v) is 6.05. The summed E-state index contributed by atoms with van der Waals surface area (Å²) in [4.78, 5) is 0. The number of rotatable bonds is 4. The molecule has 0 saturated carbocycles. The van der Waals surface area contributed by atoms with E-state index in [4.69, 9.17) is 4.74 Å². The summed E-state index contributed by atoms with van der Waals surface area (Å²) in [5, 5.41) is 0.828. The first kappa shape index (κ1) is 13.7. The van der Waals surface area contributed by atoms with Crippen LogP contribution in [0.5, 0.6) is 5.75 Å². The van der Waals surface area contributed by atoms with Crippen molar-refractivity contribution >= 4 is 15.9 Å². The van der Waals surface area contributed by atoms with Crippen LogP contribution >= 0.6 is 15.9 Å². The zero-order valence-corrected chi connectivity index (χ0v) is 13.4. The molecule has 0 N–H and O–H groups in total. The van der Waals surface area contributed by atoms with E-state index < -0.39 is 0 Å². The monoisotopic (exact) mass is 330 g/mol. The Balaban J connectivity index is 1.73. The van der Waals surface area contributed by atoms with Gasteiger partial charge in [0, 0.05) is 10.9 Å². The minimum atomic E-state index is 0.649. The fourth-order valence-corrected chi connectivity index (χ4v) is 3.27. The largest absolute Gasteiger partial charge is 0.489 e. The molecule has 0 radical (unpaired) electrons. The molecule has 104 valence electrons. The fourth-order valence-electron chi connectivity index (χ4n) is 2.83. The van der Waals surface area contributed by atoms with Crippen molar-refractivity contribution in [2.75, 3.05) is 0 Å². The molecular weight excluding hydrogens is 312 g/mol. The SMILES string of the molecule is Cc1ccc(OCc2ccc3c(c2)CCC3)c(CBr)c1. The molecule has 0 atom stereocenters. The van der Waals surface area contributed by atoms with Crippen LogP contribution in [0.3, 0.4) is 0 Å². The highest BCUT2D eigenvalue weighted by molar-refractivity contribution is 9.08. The number of aryl methyl sites for hydroxylation is 3. The third kappa shape index (κ3) is 2.90. The van der Waals surface area contributed by atoms with Gasteiger partial charge in [0.15, 0.2) is 0 Å². The van der Waals surface area contributed by atoms with E-state index in [1.165, 1.54) is 47.1 Å². The molecule has 2 aromatic rings. The maximum absolute atomic E-state index is 6.00. The van der Waals surface area contributed by atoms with Crippen molar-refractivity contribution in [3.63, 3.8) is 0 Å². The van der Waals surface area contributed by atoms with Crippen LogP contribution < -0.4 is 4.74 Å². The highest BCUT2D eigenvalue weighted by Crippen LogP contribution is 2.26. The van der Waals surface area contributed by atoms with Gasteiger partial charge in [-0.15, -0.1) is 0 Å². The van der Waals surface area contributed by atoms with Crippen LogP contribution in [-0.2, 0) is 24.8 Å². The number of hydrogen-bond acceptors (Lipinski definition) is 1. The smallest absolute Gasteiger partial charge is 0.123 e. The lowest BCUT2D eigenvalue weighted by Gasteiger charge is -2.12. The van der Waals surface area contributed by atoms with Crippen molar-refractivity contribution < 1.29 is 4.74 Å². The highest BCUT2D eigenvalue weighted by Gasteiger charge is 2.11. The van der Waals surface area contributed by atoms with Crippen LogP contribution in [-0.4, -0.2) is 0 Å². The quantitative estimate of drug-likeness (QED) is 0.720. The van der Waals surface area contributed by atoms with Crippen molar-refractivity contribution in [3.05, 3.63) is 64.2 Å². The van der Waals surface area contributed by atoms with Gasteiger partial charge in [0.25, 0.3) is 0 Å². The molecule has 2 aromatic carbocycles. The molecule has 0 saturated heterocycles. The van der Waals surface area contributed by atoms with E-state index in [9.17, 15) is 0 Å². The maximum Gasteiger partial charge on any atom is 0.123 e. The molecule has 1 aliphatic carbocycles. The molecule has 1 nitrogen and oxygen atoms in total. The van der Waals surface area contributed by atoms with E-state index in [-0.39, 0.29) is 0 Å². The van der Waals surface area contributed by atoms with Gasteiger partial charge in [0.1, 0.15) is 12.4 Å². The van der Waals surface area contributed by atoms with Gasteiger partial charge in [-0.2, -0.15) is 0 Å². The maximum atomic E-state index is 6.00. The Morgan fingerprint density at radius 3 is 2.75 bits per heavy atom. The summed E-state index contributed by atoms with van der Waals surface area (Å²) in [6.07, 6.45) is 3.76. The minimum absolute atomic E-state index is 0.649. The molecule has 0 amide bonds. The van der Waals surface area contributed by atoms with Gasteiger partial charge < -0.3 is 4.74 Å². The predicted octanol–water partition coefficient (Wildman–Crippen LogP) is 4.96. The van der Waals surface area contributed by atoms with Gasteiger partial charge >= 0.3 is 0 Å². The van der Waals surface area contributed by atoms with Gasteiger partial charge in [-0.25, -0.2) is 0 Å². The molecular formula is C18H19BrO. The molecule has 3 rings (SSSR count). The predicted molar refractivity (Wildman–Crippen MR) is 86.6 cm³/mol. The second-order valence-electron chi connectivity index (χ2n) is 5.49. The lowest BCUT2D eigenvalue weighted by Crippen LogP contribution is -1.99. The van der Waals surface area contributed by atoms with Crippen LogP contribution in [0.1, 0.15) is 34.2 Å². The van der Waals surface area contributed by atoms with Crippen molar-refractivity contribution in [3.8, 4) is 5.75 Å². The van der Waals surface area contributed by atoms with Gasteiger partial charge in [-0.05, 0) is 48.9 Å². The van der Waals surface area contributed by atoms with Crippen LogP contribution in [0.2, 0.25) is 0 Å². The van der Waals surface area contributed by atoms with Gasteiger partial charge in [-0.3, -0.25) is 0 Å². The normalized spacial score (nSPS) is 13.3. The van der Waals surface area contributed by atoms with Crippen LogP contribution in [0, 0.1) is 6.92 Å². The number of alkyl halides is 1. The Bertz CT molecular complexity index is 619. The topological polar surface area (TPSA) is 9.23 Å². The van der Waals surface area contributed by atoms with Crippen molar-refractivity contribution in [1.82, 2.24) is 0 Å². The van der Waals surface area contributed by atoms with E-state index >= 15 is 0 Å². The summed E-state index contributed by atoms with van der Waals surface area (Å²) in [6.45, 7) is 2.76. The Morgan fingerprint density at radius 1 is 1.05 bits per heavy atom. The molecule has 0 bridgehead atoms. The molecule has 0 unspecified atom stereocenters. The Labute approximate surface area is 129 Å². The van der Waals surface area contributed by atoms with Crippen molar-refractivity contribution in [2.45, 2.75) is 38.1 Å². The second kappa shape index (κ2) is 6.01. The molecule has 1 aliphatic rings.